The number of ether oxygens (including phenoxy) is 2. The molecule has 0 amide bonds. The summed E-state index contributed by atoms with van der Waals surface area (Å²) in [5.74, 6) is 1.75. The second-order valence-corrected chi connectivity index (χ2v) is 6.93. The van der Waals surface area contributed by atoms with Crippen molar-refractivity contribution in [1.82, 2.24) is 4.90 Å². The first-order valence-electron chi connectivity index (χ1n) is 8.47. The third kappa shape index (κ3) is 2.40. The second kappa shape index (κ2) is 6.17. The Kier molecular flexibility index (Phi) is 4.35. The first kappa shape index (κ1) is 16.9. The van der Waals surface area contributed by atoms with Crippen molar-refractivity contribution < 1.29 is 14.6 Å². The van der Waals surface area contributed by atoms with Crippen LogP contribution in [0.25, 0.3) is 0 Å². The van der Waals surface area contributed by atoms with Crippen LogP contribution in [0, 0.1) is 6.92 Å². The summed E-state index contributed by atoms with van der Waals surface area (Å²) >= 11 is 0. The zero-order chi connectivity index (χ0) is 17.5. The Hall–Kier alpha value is -1.94. The molecule has 1 saturated heterocycles. The van der Waals surface area contributed by atoms with Crippen LogP contribution < -0.4 is 4.74 Å². The molecule has 0 bridgehead atoms. The van der Waals surface area contributed by atoms with Crippen LogP contribution >= 0.6 is 0 Å². The minimum absolute atomic E-state index is 0.241. The SMILES string of the molecule is COC1=CC=C2[C@@H](C)N(C)CC[C@]2(c2c(C)ccc(OC)c2O)C1. The molecule has 1 aliphatic heterocycles. The molecule has 0 spiro atoms. The summed E-state index contributed by atoms with van der Waals surface area (Å²) in [5.41, 5.74) is 3.17. The second-order valence-electron chi connectivity index (χ2n) is 6.93. The Labute approximate surface area is 144 Å². The Bertz CT molecular complexity index is 707. The van der Waals surface area contributed by atoms with E-state index in [4.69, 9.17) is 9.47 Å². The fourth-order valence-electron chi connectivity index (χ4n) is 4.31. The molecule has 2 atom stereocenters. The molecule has 1 N–H and O–H groups in total. The van der Waals surface area contributed by atoms with Crippen molar-refractivity contribution in [1.29, 1.82) is 0 Å². The van der Waals surface area contributed by atoms with Gasteiger partial charge in [-0.25, -0.2) is 0 Å². The highest BCUT2D eigenvalue weighted by Crippen LogP contribution is 2.53. The van der Waals surface area contributed by atoms with Crippen LogP contribution in [0.3, 0.4) is 0 Å². The number of benzene rings is 1. The molecule has 1 aromatic carbocycles. The molecule has 0 aromatic heterocycles. The molecular weight excluding hydrogens is 302 g/mol. The van der Waals surface area contributed by atoms with E-state index in [0.717, 1.165) is 36.3 Å². The molecule has 1 aliphatic carbocycles. The van der Waals surface area contributed by atoms with Crippen molar-refractivity contribution in [2.24, 2.45) is 0 Å². The predicted octanol–water partition coefficient (Wildman–Crippen LogP) is 3.53. The van der Waals surface area contributed by atoms with Gasteiger partial charge in [-0.1, -0.05) is 12.1 Å². The van der Waals surface area contributed by atoms with Crippen molar-refractivity contribution in [2.75, 3.05) is 27.8 Å². The summed E-state index contributed by atoms with van der Waals surface area (Å²) in [5, 5.41) is 10.9. The highest BCUT2D eigenvalue weighted by atomic mass is 16.5. The largest absolute Gasteiger partial charge is 0.504 e. The third-order valence-corrected chi connectivity index (χ3v) is 5.79. The lowest BCUT2D eigenvalue weighted by Gasteiger charge is -2.49. The van der Waals surface area contributed by atoms with Gasteiger partial charge in [-0.05, 0) is 57.1 Å². The van der Waals surface area contributed by atoms with Gasteiger partial charge in [-0.2, -0.15) is 0 Å². The van der Waals surface area contributed by atoms with Gasteiger partial charge in [0.05, 0.1) is 20.0 Å². The Morgan fingerprint density at radius 2 is 1.96 bits per heavy atom. The molecule has 3 rings (SSSR count). The third-order valence-electron chi connectivity index (χ3n) is 5.79. The van der Waals surface area contributed by atoms with Gasteiger partial charge in [0, 0.05) is 23.4 Å². The Morgan fingerprint density at radius 1 is 1.21 bits per heavy atom. The van der Waals surface area contributed by atoms with Crippen LogP contribution in [-0.4, -0.2) is 43.9 Å². The first-order valence-corrected chi connectivity index (χ1v) is 8.47. The van der Waals surface area contributed by atoms with Crippen molar-refractivity contribution in [2.45, 2.75) is 38.1 Å². The molecule has 4 nitrogen and oxygen atoms in total. The molecule has 0 saturated carbocycles. The van der Waals surface area contributed by atoms with Crippen LogP contribution in [0.1, 0.15) is 30.9 Å². The molecule has 24 heavy (non-hydrogen) atoms. The van der Waals surface area contributed by atoms with Gasteiger partial charge in [0.25, 0.3) is 0 Å². The average molecular weight is 329 g/mol. The molecule has 2 aliphatic rings. The molecule has 0 unspecified atom stereocenters. The maximum atomic E-state index is 10.9. The monoisotopic (exact) mass is 329 g/mol. The molecule has 4 heteroatoms. The Morgan fingerprint density at radius 3 is 2.62 bits per heavy atom. The number of likely N-dealkylation sites (N-methyl/N-ethyl adjacent to an activating group) is 1. The van der Waals surface area contributed by atoms with E-state index in [2.05, 4.69) is 37.9 Å². The fraction of sp³-hybridized carbons (Fsp3) is 0.500. The number of allylic oxidation sites excluding steroid dienone is 3. The van der Waals surface area contributed by atoms with Crippen molar-refractivity contribution >= 4 is 0 Å². The topological polar surface area (TPSA) is 41.9 Å². The fourth-order valence-corrected chi connectivity index (χ4v) is 4.31. The highest BCUT2D eigenvalue weighted by Gasteiger charge is 2.47. The van der Waals surface area contributed by atoms with Crippen LogP contribution in [0.5, 0.6) is 11.5 Å². The van der Waals surface area contributed by atoms with Gasteiger partial charge < -0.3 is 14.6 Å². The number of hydrogen-bond acceptors (Lipinski definition) is 4. The molecule has 1 aromatic rings. The first-order chi connectivity index (χ1) is 11.4. The zero-order valence-corrected chi connectivity index (χ0v) is 15.2. The van der Waals surface area contributed by atoms with E-state index < -0.39 is 0 Å². The summed E-state index contributed by atoms with van der Waals surface area (Å²) in [6.45, 7) is 5.28. The van der Waals surface area contributed by atoms with E-state index in [1.165, 1.54) is 5.57 Å². The normalized spacial score (nSPS) is 27.1. The van der Waals surface area contributed by atoms with E-state index in [9.17, 15) is 5.11 Å². The average Bonchev–Trinajstić information content (AvgIpc) is 2.58. The van der Waals surface area contributed by atoms with Gasteiger partial charge in [-0.3, -0.25) is 4.90 Å². The van der Waals surface area contributed by atoms with Crippen molar-refractivity contribution in [3.8, 4) is 11.5 Å². The van der Waals surface area contributed by atoms with Gasteiger partial charge in [0.15, 0.2) is 11.5 Å². The number of phenolic OH excluding ortho intramolecular Hbond substituents is 1. The van der Waals surface area contributed by atoms with Crippen LogP contribution in [0.4, 0.5) is 0 Å². The molecular formula is C20H27NO3. The zero-order valence-electron chi connectivity index (χ0n) is 15.2. The van der Waals surface area contributed by atoms with Gasteiger partial charge in [-0.15, -0.1) is 0 Å². The number of rotatable bonds is 3. The number of fused-ring (bicyclic) bond motifs is 1. The number of hydrogen-bond donors (Lipinski definition) is 1. The smallest absolute Gasteiger partial charge is 0.162 e. The number of phenols is 1. The molecule has 1 heterocycles. The van der Waals surface area contributed by atoms with E-state index in [1.54, 1.807) is 14.2 Å². The number of aromatic hydroxyl groups is 1. The van der Waals surface area contributed by atoms with E-state index >= 15 is 0 Å². The van der Waals surface area contributed by atoms with Crippen molar-refractivity contribution in [3.63, 3.8) is 0 Å². The standard InChI is InChI=1S/C20H27NO3/c1-13-6-9-17(24-5)19(22)18(13)20-10-11-21(3)14(2)16(20)8-7-15(12-20)23-4/h6-9,14,22H,10-12H2,1-5H3/t14-,20+/m1/s1. The number of methoxy groups -OCH3 is 2. The molecule has 1 fully saturated rings. The summed E-state index contributed by atoms with van der Waals surface area (Å²) in [6.07, 6.45) is 5.97. The highest BCUT2D eigenvalue weighted by molar-refractivity contribution is 5.59. The van der Waals surface area contributed by atoms with E-state index in [-0.39, 0.29) is 11.2 Å². The minimum Gasteiger partial charge on any atom is -0.504 e. The number of piperidine rings is 1. The summed E-state index contributed by atoms with van der Waals surface area (Å²) in [7, 11) is 5.47. The van der Waals surface area contributed by atoms with Gasteiger partial charge >= 0.3 is 0 Å². The number of nitrogens with zero attached hydrogens (tertiary/aromatic N) is 1. The van der Waals surface area contributed by atoms with Crippen LogP contribution in [0.15, 0.2) is 35.6 Å². The van der Waals surface area contributed by atoms with Gasteiger partial charge in [0.2, 0.25) is 0 Å². The van der Waals surface area contributed by atoms with Gasteiger partial charge in [0.1, 0.15) is 0 Å². The predicted molar refractivity (Wildman–Crippen MR) is 95.6 cm³/mol. The lowest BCUT2D eigenvalue weighted by molar-refractivity contribution is 0.167. The maximum Gasteiger partial charge on any atom is 0.162 e. The summed E-state index contributed by atoms with van der Waals surface area (Å²) in [6, 6.07) is 4.19. The number of likely N-dealkylation sites (tertiary alicyclic amines) is 1. The minimum atomic E-state index is -0.241. The van der Waals surface area contributed by atoms with Crippen LogP contribution in [0.2, 0.25) is 0 Å². The lowest BCUT2D eigenvalue weighted by Crippen LogP contribution is -2.49. The molecule has 0 radical (unpaired) electrons. The van der Waals surface area contributed by atoms with Crippen LogP contribution in [-0.2, 0) is 10.2 Å². The summed E-state index contributed by atoms with van der Waals surface area (Å²) < 4.78 is 11.0. The summed E-state index contributed by atoms with van der Waals surface area (Å²) in [4.78, 5) is 2.36. The van der Waals surface area contributed by atoms with Crippen molar-refractivity contribution in [3.05, 3.63) is 46.7 Å². The molecule has 130 valence electrons. The maximum absolute atomic E-state index is 10.9. The Balaban J connectivity index is 2.24. The lowest BCUT2D eigenvalue weighted by atomic mass is 9.62. The van der Waals surface area contributed by atoms with E-state index in [0.29, 0.717) is 11.8 Å². The number of aryl methyl sites for hydroxylation is 1. The quantitative estimate of drug-likeness (QED) is 0.921. The van der Waals surface area contributed by atoms with E-state index in [1.807, 2.05) is 12.1 Å².